The molecule has 0 radical (unpaired) electrons. The first-order chi connectivity index (χ1) is 10.9. The van der Waals surface area contributed by atoms with Crippen molar-refractivity contribution in [3.8, 4) is 0 Å². The minimum Gasteiger partial charge on any atom is -0.341 e. The topological polar surface area (TPSA) is 211 Å². The van der Waals surface area contributed by atoms with E-state index in [-0.39, 0.29) is 19.5 Å². The van der Waals surface area contributed by atoms with Crippen LogP contribution >= 0.6 is 0 Å². The molecular weight excluding hydrogens is 328 g/mol. The Balaban J connectivity index is 4.03. The summed E-state index contributed by atoms with van der Waals surface area (Å²) >= 11 is 0. The van der Waals surface area contributed by atoms with Gasteiger partial charge in [0.15, 0.2) is 0 Å². The quantitative estimate of drug-likeness (QED) is 0.110. The number of rotatable bonds is 13. The Morgan fingerprint density at radius 3 is 1.67 bits per heavy atom. The molecule has 24 heavy (non-hydrogen) atoms. The average molecular weight is 356 g/mol. The molecule has 0 aromatic heterocycles. The lowest BCUT2D eigenvalue weighted by Gasteiger charge is -2.29. The van der Waals surface area contributed by atoms with Crippen LogP contribution in [0.15, 0.2) is 0 Å². The fourth-order valence-corrected chi connectivity index (χ4v) is 1.46. The Morgan fingerprint density at radius 1 is 0.750 bits per heavy atom. The number of aliphatic hydroxyl groups is 6. The zero-order chi connectivity index (χ0) is 18.9. The average Bonchev–Trinajstić information content (AvgIpc) is 2.42. The molecular formula is C11H28N6O7. The van der Waals surface area contributed by atoms with Crippen molar-refractivity contribution in [2.45, 2.75) is 38.4 Å². The number of carbonyl (C=O) groups is 1. The molecule has 144 valence electrons. The highest BCUT2D eigenvalue weighted by Gasteiger charge is 2.27. The highest BCUT2D eigenvalue weighted by atomic mass is 16.6. The minimum atomic E-state index is -2.73. The Labute approximate surface area is 139 Å². The predicted molar refractivity (Wildman–Crippen MR) is 80.8 cm³/mol. The van der Waals surface area contributed by atoms with Gasteiger partial charge < -0.3 is 30.6 Å². The highest BCUT2D eigenvalue weighted by molar-refractivity contribution is 5.75. The lowest BCUT2D eigenvalue weighted by Crippen LogP contribution is -2.66. The van der Waals surface area contributed by atoms with Crippen molar-refractivity contribution in [3.05, 3.63) is 0 Å². The summed E-state index contributed by atoms with van der Waals surface area (Å²) in [5, 5.41) is 69.3. The molecule has 0 aliphatic heterocycles. The molecule has 0 spiro atoms. The summed E-state index contributed by atoms with van der Waals surface area (Å²) in [6.07, 6.45) is 0.0283. The Morgan fingerprint density at radius 2 is 1.21 bits per heavy atom. The van der Waals surface area contributed by atoms with E-state index in [2.05, 4.69) is 21.3 Å². The van der Waals surface area contributed by atoms with E-state index in [0.29, 0.717) is 6.54 Å². The minimum absolute atomic E-state index is 0.0283. The number of nitrogens with one attached hydrogen (secondary N) is 6. The first-order valence-corrected chi connectivity index (χ1v) is 7.33. The van der Waals surface area contributed by atoms with Gasteiger partial charge in [-0.05, 0) is 6.54 Å². The third kappa shape index (κ3) is 11.5. The zero-order valence-corrected chi connectivity index (χ0v) is 13.6. The molecule has 0 bridgehead atoms. The largest absolute Gasteiger partial charge is 0.341 e. The summed E-state index contributed by atoms with van der Waals surface area (Å²) in [5.41, 5.74) is 0. The van der Waals surface area contributed by atoms with E-state index in [9.17, 15) is 35.4 Å². The van der Waals surface area contributed by atoms with Crippen LogP contribution in [0.5, 0.6) is 0 Å². The standard InChI is InChI=1S/C11H28N6O7/c1-3-8(18)17-11(23,24)16-7-15-10(21,22)14-6-5-13-9(19,20)12-4-2/h12-16,19-24H,3-7H2,1-2H3,(H,17,18). The van der Waals surface area contributed by atoms with Crippen molar-refractivity contribution in [2.75, 3.05) is 26.3 Å². The number of carbonyl (C=O) groups excluding carboxylic acids is 1. The van der Waals surface area contributed by atoms with Crippen molar-refractivity contribution >= 4 is 5.91 Å². The van der Waals surface area contributed by atoms with Crippen LogP contribution in [0.1, 0.15) is 20.3 Å². The van der Waals surface area contributed by atoms with Gasteiger partial charge in [0, 0.05) is 19.5 Å². The van der Waals surface area contributed by atoms with Crippen LogP contribution in [0.25, 0.3) is 0 Å². The van der Waals surface area contributed by atoms with Crippen molar-refractivity contribution < 1.29 is 35.4 Å². The molecule has 0 atom stereocenters. The molecule has 0 heterocycles. The van der Waals surface area contributed by atoms with Gasteiger partial charge in [-0.25, -0.2) is 10.6 Å². The molecule has 0 fully saturated rings. The molecule has 0 rings (SSSR count). The molecule has 0 aliphatic rings. The van der Waals surface area contributed by atoms with Gasteiger partial charge in [-0.1, -0.05) is 13.8 Å². The molecule has 0 aromatic rings. The third-order valence-corrected chi connectivity index (χ3v) is 2.60. The molecule has 0 unspecified atom stereocenters. The van der Waals surface area contributed by atoms with Gasteiger partial charge in [0.25, 0.3) is 12.1 Å². The monoisotopic (exact) mass is 356 g/mol. The van der Waals surface area contributed by atoms with E-state index in [1.54, 1.807) is 6.92 Å². The predicted octanol–water partition coefficient (Wildman–Crippen LogP) is -5.77. The number of amides is 1. The Kier molecular flexibility index (Phi) is 9.71. The molecule has 1 amide bonds. The van der Waals surface area contributed by atoms with Gasteiger partial charge in [-0.2, -0.15) is 0 Å². The van der Waals surface area contributed by atoms with E-state index in [4.69, 9.17) is 0 Å². The summed E-state index contributed by atoms with van der Waals surface area (Å²) in [4.78, 5) is 11.0. The van der Waals surface area contributed by atoms with Crippen LogP contribution in [-0.4, -0.2) is 81.0 Å². The molecule has 13 nitrogen and oxygen atoms in total. The SMILES string of the molecule is CCNC(O)(O)NCCNC(O)(O)NCNC(O)(O)NC(=O)CC. The van der Waals surface area contributed by atoms with Crippen LogP contribution < -0.4 is 31.9 Å². The maximum absolute atomic E-state index is 11.0. The normalized spacial score (nSPS) is 13.2. The molecule has 0 aromatic carbocycles. The fourth-order valence-electron chi connectivity index (χ4n) is 1.46. The van der Waals surface area contributed by atoms with Crippen molar-refractivity contribution in [1.29, 1.82) is 0 Å². The fraction of sp³-hybridized carbons (Fsp3) is 0.909. The van der Waals surface area contributed by atoms with Crippen LogP contribution in [0.3, 0.4) is 0 Å². The van der Waals surface area contributed by atoms with Crippen LogP contribution in [0.2, 0.25) is 0 Å². The van der Waals surface area contributed by atoms with Crippen molar-refractivity contribution in [2.24, 2.45) is 0 Å². The summed E-state index contributed by atoms with van der Waals surface area (Å²) < 4.78 is 0. The van der Waals surface area contributed by atoms with Gasteiger partial charge in [0.1, 0.15) is 0 Å². The first kappa shape index (κ1) is 23.0. The van der Waals surface area contributed by atoms with Gasteiger partial charge >= 0.3 is 6.03 Å². The smallest absolute Gasteiger partial charge is 0.312 e. The van der Waals surface area contributed by atoms with Crippen LogP contribution in [-0.2, 0) is 4.79 Å². The summed E-state index contributed by atoms with van der Waals surface area (Å²) in [6.45, 7) is 2.82. The summed E-state index contributed by atoms with van der Waals surface area (Å²) in [5.74, 6) is -0.631. The second-order valence-electron chi connectivity index (χ2n) is 4.83. The zero-order valence-electron chi connectivity index (χ0n) is 13.6. The van der Waals surface area contributed by atoms with Crippen molar-refractivity contribution in [1.82, 2.24) is 31.9 Å². The van der Waals surface area contributed by atoms with Gasteiger partial charge in [-0.15, -0.1) is 0 Å². The molecule has 13 heteroatoms. The molecule has 12 N–H and O–H groups in total. The maximum atomic E-state index is 11.0. The van der Waals surface area contributed by atoms with E-state index in [1.165, 1.54) is 6.92 Å². The lowest BCUT2D eigenvalue weighted by molar-refractivity contribution is -0.232. The van der Waals surface area contributed by atoms with Gasteiger partial charge in [0.05, 0.1) is 6.67 Å². The second kappa shape index (κ2) is 10.1. The van der Waals surface area contributed by atoms with Gasteiger partial charge in [0.2, 0.25) is 5.91 Å². The van der Waals surface area contributed by atoms with E-state index in [1.807, 2.05) is 10.6 Å². The first-order valence-electron chi connectivity index (χ1n) is 7.33. The van der Waals surface area contributed by atoms with Crippen LogP contribution in [0, 0.1) is 0 Å². The summed E-state index contributed by atoms with van der Waals surface area (Å²) in [7, 11) is 0. The number of hydrogen-bond acceptors (Lipinski definition) is 12. The number of hydrogen-bond donors (Lipinski definition) is 12. The summed E-state index contributed by atoms with van der Waals surface area (Å²) in [6, 6.07) is -7.61. The van der Waals surface area contributed by atoms with Gasteiger partial charge in [-0.3, -0.25) is 26.1 Å². The van der Waals surface area contributed by atoms with E-state index >= 15 is 0 Å². The molecule has 0 saturated heterocycles. The van der Waals surface area contributed by atoms with Crippen molar-refractivity contribution in [3.63, 3.8) is 0 Å². The molecule has 0 saturated carbocycles. The second-order valence-corrected chi connectivity index (χ2v) is 4.83. The van der Waals surface area contributed by atoms with E-state index < -0.39 is 30.7 Å². The maximum Gasteiger partial charge on any atom is 0.312 e. The third-order valence-electron chi connectivity index (χ3n) is 2.60. The Bertz CT molecular complexity index is 380. The Hall–Kier alpha value is -0.970. The highest BCUT2D eigenvalue weighted by Crippen LogP contribution is 1.91. The molecule has 0 aliphatic carbocycles. The lowest BCUT2D eigenvalue weighted by atomic mass is 10.4. The van der Waals surface area contributed by atoms with Crippen LogP contribution in [0.4, 0.5) is 0 Å². The van der Waals surface area contributed by atoms with E-state index in [0.717, 1.165) is 0 Å².